The molecule has 4 heteroatoms. The fraction of sp³-hybridized carbons (Fsp3) is 0.632. The van der Waals surface area contributed by atoms with Gasteiger partial charge in [-0.1, -0.05) is 75.3 Å². The second-order valence-electron chi connectivity index (χ2n) is 7.78. The maximum atomic E-state index is 12.9. The molecule has 0 aliphatic heterocycles. The SMILES string of the molecule is CC(C)c1c(Cl)c(Cl)c2c(c1Cl)C(=O)CC1C(C)CCCC21C. The Morgan fingerprint density at radius 2 is 1.78 bits per heavy atom. The molecule has 3 unspecified atom stereocenters. The molecule has 3 rings (SSSR count). The standard InChI is InChI=1S/C19H23Cl3O/c1-9(2)13-16(20)14-12(23)8-11-10(3)6-5-7-19(11,4)15(14)18(22)17(13)21/h9-11H,5-8H2,1-4H3. The van der Waals surface area contributed by atoms with Crippen LogP contribution < -0.4 is 0 Å². The molecule has 1 aromatic rings. The number of fused-ring (bicyclic) bond motifs is 3. The molecular weight excluding hydrogens is 351 g/mol. The summed E-state index contributed by atoms with van der Waals surface area (Å²) in [6.45, 7) is 8.54. The van der Waals surface area contributed by atoms with Crippen molar-refractivity contribution < 1.29 is 4.79 Å². The van der Waals surface area contributed by atoms with Crippen molar-refractivity contribution in [3.63, 3.8) is 0 Å². The zero-order valence-corrected chi connectivity index (χ0v) is 16.4. The molecule has 1 saturated carbocycles. The molecule has 1 aromatic carbocycles. The van der Waals surface area contributed by atoms with Crippen LogP contribution in [-0.2, 0) is 5.41 Å². The molecule has 0 N–H and O–H groups in total. The molecule has 0 bridgehead atoms. The molecule has 23 heavy (non-hydrogen) atoms. The number of hydrogen-bond donors (Lipinski definition) is 0. The average Bonchev–Trinajstić information content (AvgIpc) is 2.45. The third-order valence-electron chi connectivity index (χ3n) is 6.05. The van der Waals surface area contributed by atoms with Gasteiger partial charge in [0.25, 0.3) is 0 Å². The van der Waals surface area contributed by atoms with Crippen LogP contribution in [0, 0.1) is 11.8 Å². The molecule has 1 fully saturated rings. The third kappa shape index (κ3) is 2.46. The Bertz CT molecular complexity index is 680. The molecule has 2 aliphatic carbocycles. The summed E-state index contributed by atoms with van der Waals surface area (Å²) in [6, 6.07) is 0. The van der Waals surface area contributed by atoms with Crippen molar-refractivity contribution in [2.75, 3.05) is 0 Å². The van der Waals surface area contributed by atoms with Gasteiger partial charge in [-0.15, -0.1) is 0 Å². The van der Waals surface area contributed by atoms with Gasteiger partial charge in [0, 0.05) is 12.0 Å². The molecule has 0 radical (unpaired) electrons. The number of benzene rings is 1. The summed E-state index contributed by atoms with van der Waals surface area (Å²) in [5.41, 5.74) is 2.24. The minimum atomic E-state index is -0.110. The van der Waals surface area contributed by atoms with Crippen molar-refractivity contribution in [2.45, 2.75) is 64.7 Å². The summed E-state index contributed by atoms with van der Waals surface area (Å²) in [6.07, 6.45) is 3.93. The first-order chi connectivity index (χ1) is 10.7. The van der Waals surface area contributed by atoms with Crippen LogP contribution in [0.4, 0.5) is 0 Å². The molecule has 0 heterocycles. The second-order valence-corrected chi connectivity index (χ2v) is 8.91. The highest BCUT2D eigenvalue weighted by Crippen LogP contribution is 2.57. The summed E-state index contributed by atoms with van der Waals surface area (Å²) < 4.78 is 0. The summed E-state index contributed by atoms with van der Waals surface area (Å²) >= 11 is 20.0. The van der Waals surface area contributed by atoms with Gasteiger partial charge >= 0.3 is 0 Å². The van der Waals surface area contributed by atoms with Gasteiger partial charge < -0.3 is 0 Å². The fourth-order valence-corrected chi connectivity index (χ4v) is 6.21. The van der Waals surface area contributed by atoms with Crippen molar-refractivity contribution in [1.29, 1.82) is 0 Å². The Hall–Kier alpha value is -0.240. The molecule has 2 aliphatic rings. The van der Waals surface area contributed by atoms with E-state index in [1.54, 1.807) is 0 Å². The molecule has 0 amide bonds. The predicted octanol–water partition coefficient (Wildman–Crippen LogP) is 7.05. The van der Waals surface area contributed by atoms with E-state index in [9.17, 15) is 4.79 Å². The quantitative estimate of drug-likeness (QED) is 0.482. The van der Waals surface area contributed by atoms with Crippen LogP contribution in [0.3, 0.4) is 0 Å². The Morgan fingerprint density at radius 1 is 1.13 bits per heavy atom. The van der Waals surface area contributed by atoms with Gasteiger partial charge in [-0.2, -0.15) is 0 Å². The number of halogens is 3. The highest BCUT2D eigenvalue weighted by molar-refractivity contribution is 6.46. The van der Waals surface area contributed by atoms with Crippen LogP contribution in [0.2, 0.25) is 15.1 Å². The van der Waals surface area contributed by atoms with Crippen molar-refractivity contribution >= 4 is 40.6 Å². The molecule has 0 spiro atoms. The first-order valence-electron chi connectivity index (χ1n) is 8.44. The summed E-state index contributed by atoms with van der Waals surface area (Å²) in [5.74, 6) is 1.10. The highest BCUT2D eigenvalue weighted by Gasteiger charge is 2.50. The lowest BCUT2D eigenvalue weighted by Crippen LogP contribution is -2.45. The Morgan fingerprint density at radius 3 is 2.39 bits per heavy atom. The highest BCUT2D eigenvalue weighted by atomic mass is 35.5. The Balaban J connectivity index is 2.34. The molecule has 0 aromatic heterocycles. The van der Waals surface area contributed by atoms with Crippen molar-refractivity contribution in [2.24, 2.45) is 11.8 Å². The zero-order valence-electron chi connectivity index (χ0n) is 14.1. The lowest BCUT2D eigenvalue weighted by atomic mass is 9.55. The number of rotatable bonds is 1. The summed E-state index contributed by atoms with van der Waals surface area (Å²) in [7, 11) is 0. The van der Waals surface area contributed by atoms with E-state index in [0.717, 1.165) is 24.0 Å². The van der Waals surface area contributed by atoms with Crippen LogP contribution in [0.15, 0.2) is 0 Å². The van der Waals surface area contributed by atoms with Crippen LogP contribution in [0.25, 0.3) is 0 Å². The summed E-state index contributed by atoms with van der Waals surface area (Å²) in [5, 5.41) is 1.59. The lowest BCUT2D eigenvalue weighted by Gasteiger charge is -2.49. The fourth-order valence-electron chi connectivity index (χ4n) is 4.83. The van der Waals surface area contributed by atoms with Crippen LogP contribution in [0.5, 0.6) is 0 Å². The van der Waals surface area contributed by atoms with Gasteiger partial charge in [0.15, 0.2) is 5.78 Å². The van der Waals surface area contributed by atoms with Gasteiger partial charge in [0.2, 0.25) is 0 Å². The van der Waals surface area contributed by atoms with Crippen LogP contribution in [0.1, 0.15) is 80.8 Å². The van der Waals surface area contributed by atoms with E-state index in [0.29, 0.717) is 38.9 Å². The summed E-state index contributed by atoms with van der Waals surface area (Å²) in [4.78, 5) is 12.9. The minimum Gasteiger partial charge on any atom is -0.294 e. The minimum absolute atomic E-state index is 0.110. The van der Waals surface area contributed by atoms with E-state index in [1.807, 2.05) is 13.8 Å². The number of Topliss-reactive ketones (excluding diaryl/α,β-unsaturated/α-hetero) is 1. The zero-order chi connectivity index (χ0) is 17.1. The van der Waals surface area contributed by atoms with E-state index >= 15 is 0 Å². The Kier molecular flexibility index (Phi) is 4.53. The van der Waals surface area contributed by atoms with Crippen molar-refractivity contribution in [3.05, 3.63) is 31.8 Å². The van der Waals surface area contributed by atoms with Crippen molar-refractivity contribution in [1.82, 2.24) is 0 Å². The Labute approximate surface area is 153 Å². The maximum absolute atomic E-state index is 12.9. The normalized spacial score (nSPS) is 30.3. The monoisotopic (exact) mass is 372 g/mol. The number of ketones is 1. The van der Waals surface area contributed by atoms with Crippen molar-refractivity contribution in [3.8, 4) is 0 Å². The average molecular weight is 374 g/mol. The maximum Gasteiger partial charge on any atom is 0.165 e. The lowest BCUT2D eigenvalue weighted by molar-refractivity contribution is 0.0756. The molecule has 1 nitrogen and oxygen atoms in total. The first-order valence-corrected chi connectivity index (χ1v) is 9.57. The smallest absolute Gasteiger partial charge is 0.165 e. The molecule has 3 atom stereocenters. The van der Waals surface area contributed by atoms with Gasteiger partial charge in [-0.25, -0.2) is 0 Å². The van der Waals surface area contributed by atoms with E-state index in [4.69, 9.17) is 34.8 Å². The number of carbonyl (C=O) groups is 1. The molecule has 126 valence electrons. The first kappa shape index (κ1) is 17.6. The van der Waals surface area contributed by atoms with Crippen LogP contribution in [-0.4, -0.2) is 5.78 Å². The second kappa shape index (κ2) is 5.93. The van der Waals surface area contributed by atoms with Crippen LogP contribution >= 0.6 is 34.8 Å². The molecular formula is C19H23Cl3O. The third-order valence-corrected chi connectivity index (χ3v) is 7.31. The van der Waals surface area contributed by atoms with E-state index < -0.39 is 0 Å². The van der Waals surface area contributed by atoms with Gasteiger partial charge in [0.1, 0.15) is 0 Å². The number of carbonyl (C=O) groups excluding carboxylic acids is 1. The van der Waals surface area contributed by atoms with E-state index in [2.05, 4.69) is 13.8 Å². The predicted molar refractivity (Wildman–Crippen MR) is 98.4 cm³/mol. The molecule has 0 saturated heterocycles. The largest absolute Gasteiger partial charge is 0.294 e. The van der Waals surface area contributed by atoms with E-state index in [-0.39, 0.29) is 17.1 Å². The van der Waals surface area contributed by atoms with Gasteiger partial charge in [-0.3, -0.25) is 4.79 Å². The number of hydrogen-bond acceptors (Lipinski definition) is 1. The van der Waals surface area contributed by atoms with E-state index in [1.165, 1.54) is 6.42 Å². The topological polar surface area (TPSA) is 17.1 Å². The van der Waals surface area contributed by atoms with Gasteiger partial charge in [-0.05, 0) is 40.7 Å². The van der Waals surface area contributed by atoms with Gasteiger partial charge in [0.05, 0.1) is 15.1 Å².